The molecule has 0 radical (unpaired) electrons. The van der Waals surface area contributed by atoms with Gasteiger partial charge < -0.3 is 9.47 Å². The van der Waals surface area contributed by atoms with Crippen molar-refractivity contribution in [3.05, 3.63) is 0 Å². The van der Waals surface area contributed by atoms with Crippen molar-refractivity contribution in [2.45, 2.75) is 0 Å². The van der Waals surface area contributed by atoms with Crippen LogP contribution in [-0.2, 0) is 9.47 Å². The lowest BCUT2D eigenvalue weighted by atomic mass is 10.8. The van der Waals surface area contributed by atoms with E-state index in [0.29, 0.717) is 6.79 Å². The number of ether oxygens (including phenoxy) is 2. The van der Waals surface area contributed by atoms with Gasteiger partial charge in [-0.3, -0.25) is 0 Å². The van der Waals surface area contributed by atoms with Gasteiger partial charge in [-0.25, -0.2) is 0 Å². The summed E-state index contributed by atoms with van der Waals surface area (Å²) in [6.07, 6.45) is 0. The van der Waals surface area contributed by atoms with Crippen molar-refractivity contribution in [1.29, 1.82) is 0 Å². The summed E-state index contributed by atoms with van der Waals surface area (Å²) in [5, 5.41) is 0. The maximum absolute atomic E-state index is 4.72. The zero-order chi connectivity index (χ0) is 3.54. The van der Waals surface area contributed by atoms with Gasteiger partial charge in [-0.05, 0) is 0 Å². The molecule has 0 aromatic rings. The lowest BCUT2D eigenvalue weighted by Crippen LogP contribution is -1.79. The third kappa shape index (κ3) is 1.60. The topological polar surface area (TPSA) is 18.5 Å². The van der Waals surface area contributed by atoms with Crippen molar-refractivity contribution < 1.29 is 9.47 Å². The molecule has 0 amide bonds. The number of halogens is 1. The maximum atomic E-state index is 4.72. The standard InChI is InChI=1S/C3H6O2.ClH/c1-2-5-3-4-1;/h1-3H2;1H. The second-order valence-corrected chi connectivity index (χ2v) is 0.934. The minimum atomic E-state index is 0. The average molecular weight is 111 g/mol. The summed E-state index contributed by atoms with van der Waals surface area (Å²) in [7, 11) is 0. The van der Waals surface area contributed by atoms with E-state index in [1.54, 1.807) is 0 Å². The Morgan fingerprint density at radius 2 is 1.50 bits per heavy atom. The lowest BCUT2D eigenvalue weighted by molar-refractivity contribution is 0.0692. The quantitative estimate of drug-likeness (QED) is 0.450. The normalized spacial score (nSPS) is 20.0. The van der Waals surface area contributed by atoms with Gasteiger partial charge in [0.2, 0.25) is 0 Å². The van der Waals surface area contributed by atoms with Gasteiger partial charge in [-0.2, -0.15) is 0 Å². The Morgan fingerprint density at radius 1 is 1.00 bits per heavy atom. The Morgan fingerprint density at radius 3 is 1.67 bits per heavy atom. The molecule has 0 saturated carbocycles. The molecular formula is C3H7ClO2. The highest BCUT2D eigenvalue weighted by atomic mass is 35.5. The highest BCUT2D eigenvalue weighted by Gasteiger charge is 1.93. The van der Waals surface area contributed by atoms with Crippen LogP contribution in [0.2, 0.25) is 0 Å². The van der Waals surface area contributed by atoms with Crippen LogP contribution in [0, 0.1) is 0 Å². The summed E-state index contributed by atoms with van der Waals surface area (Å²) in [4.78, 5) is 0. The van der Waals surface area contributed by atoms with Crippen LogP contribution in [-0.4, -0.2) is 20.0 Å². The molecule has 3 heteroatoms. The summed E-state index contributed by atoms with van der Waals surface area (Å²) in [6, 6.07) is 0. The van der Waals surface area contributed by atoms with E-state index in [2.05, 4.69) is 0 Å². The highest BCUT2D eigenvalue weighted by Crippen LogP contribution is 1.85. The largest absolute Gasteiger partial charge is 0.353 e. The first kappa shape index (κ1) is 6.21. The van der Waals surface area contributed by atoms with Crippen molar-refractivity contribution in [2.24, 2.45) is 0 Å². The van der Waals surface area contributed by atoms with E-state index in [-0.39, 0.29) is 12.4 Å². The molecule has 38 valence electrons. The van der Waals surface area contributed by atoms with E-state index in [1.165, 1.54) is 0 Å². The fourth-order valence-electron chi connectivity index (χ4n) is 0.295. The molecule has 2 nitrogen and oxygen atoms in total. The smallest absolute Gasteiger partial charge is 0.146 e. The van der Waals surface area contributed by atoms with E-state index < -0.39 is 0 Å². The monoisotopic (exact) mass is 110 g/mol. The van der Waals surface area contributed by atoms with E-state index in [0.717, 1.165) is 13.2 Å². The molecule has 0 atom stereocenters. The molecule has 1 rings (SSSR count). The van der Waals surface area contributed by atoms with Gasteiger partial charge in [-0.1, -0.05) is 0 Å². The fraction of sp³-hybridized carbons (Fsp3) is 1.00. The predicted octanol–water partition coefficient (Wildman–Crippen LogP) is 0.413. The molecule has 1 fully saturated rings. The molecule has 0 aromatic carbocycles. The van der Waals surface area contributed by atoms with Crippen LogP contribution in [0.3, 0.4) is 0 Å². The van der Waals surface area contributed by atoms with Crippen LogP contribution in [0.5, 0.6) is 0 Å². The Kier molecular flexibility index (Phi) is 3.52. The Hall–Kier alpha value is 0.210. The van der Waals surface area contributed by atoms with Crippen molar-refractivity contribution in [3.8, 4) is 0 Å². The van der Waals surface area contributed by atoms with Gasteiger partial charge in [0.25, 0.3) is 0 Å². The highest BCUT2D eigenvalue weighted by molar-refractivity contribution is 5.85. The van der Waals surface area contributed by atoms with Gasteiger partial charge in [-0.15, -0.1) is 12.4 Å². The summed E-state index contributed by atoms with van der Waals surface area (Å²) < 4.78 is 9.44. The minimum Gasteiger partial charge on any atom is -0.353 e. The third-order valence-electron chi connectivity index (χ3n) is 0.539. The third-order valence-corrected chi connectivity index (χ3v) is 0.539. The van der Waals surface area contributed by atoms with Crippen LogP contribution in [0.15, 0.2) is 0 Å². The van der Waals surface area contributed by atoms with Crippen LogP contribution in [0.1, 0.15) is 0 Å². The lowest BCUT2D eigenvalue weighted by Gasteiger charge is -1.76. The van der Waals surface area contributed by atoms with Gasteiger partial charge in [0.15, 0.2) is 0 Å². The molecule has 0 spiro atoms. The van der Waals surface area contributed by atoms with Crippen LogP contribution < -0.4 is 0 Å². The van der Waals surface area contributed by atoms with Gasteiger partial charge in [0.05, 0.1) is 13.2 Å². The zero-order valence-corrected chi connectivity index (χ0v) is 4.16. The molecule has 0 aromatic heterocycles. The van der Waals surface area contributed by atoms with Crippen LogP contribution in [0.25, 0.3) is 0 Å². The molecular weight excluding hydrogens is 103 g/mol. The Labute approximate surface area is 42.8 Å². The molecule has 1 heterocycles. The summed E-state index contributed by atoms with van der Waals surface area (Å²) in [6.45, 7) is 2.06. The van der Waals surface area contributed by atoms with Crippen molar-refractivity contribution >= 4 is 12.4 Å². The number of hydrogen-bond donors (Lipinski definition) is 0. The molecule has 0 unspecified atom stereocenters. The van der Waals surface area contributed by atoms with E-state index in [1.807, 2.05) is 0 Å². The Balaban J connectivity index is 0.000000250. The second kappa shape index (κ2) is 3.40. The second-order valence-electron chi connectivity index (χ2n) is 0.934. The maximum Gasteiger partial charge on any atom is 0.146 e. The Bertz CT molecular complexity index is 20.4. The number of hydrogen-bond acceptors (Lipinski definition) is 2. The summed E-state index contributed by atoms with van der Waals surface area (Å²) in [5.41, 5.74) is 0. The van der Waals surface area contributed by atoms with Gasteiger partial charge in [0, 0.05) is 0 Å². The first-order valence-electron chi connectivity index (χ1n) is 1.65. The molecule has 1 saturated heterocycles. The molecule has 0 aliphatic carbocycles. The van der Waals surface area contributed by atoms with Gasteiger partial charge in [0.1, 0.15) is 6.79 Å². The predicted molar refractivity (Wildman–Crippen MR) is 24.0 cm³/mol. The zero-order valence-electron chi connectivity index (χ0n) is 3.35. The van der Waals surface area contributed by atoms with Gasteiger partial charge >= 0.3 is 0 Å². The first-order chi connectivity index (χ1) is 2.50. The van der Waals surface area contributed by atoms with Crippen LogP contribution in [0.4, 0.5) is 0 Å². The van der Waals surface area contributed by atoms with Crippen molar-refractivity contribution in [1.82, 2.24) is 0 Å². The molecule has 1 aliphatic heterocycles. The summed E-state index contributed by atoms with van der Waals surface area (Å²) >= 11 is 0. The minimum absolute atomic E-state index is 0. The number of rotatable bonds is 0. The van der Waals surface area contributed by atoms with Crippen molar-refractivity contribution in [3.63, 3.8) is 0 Å². The van der Waals surface area contributed by atoms with E-state index >= 15 is 0 Å². The SMILES string of the molecule is C1COCO1.Cl. The first-order valence-corrected chi connectivity index (χ1v) is 1.65. The summed E-state index contributed by atoms with van der Waals surface area (Å²) in [5.74, 6) is 0. The van der Waals surface area contributed by atoms with Crippen LogP contribution >= 0.6 is 12.4 Å². The molecule has 0 bridgehead atoms. The fourth-order valence-corrected chi connectivity index (χ4v) is 0.295. The average Bonchev–Trinajstić information content (AvgIpc) is 1.76. The molecule has 1 aliphatic rings. The molecule has 0 N–H and O–H groups in total. The van der Waals surface area contributed by atoms with E-state index in [9.17, 15) is 0 Å². The van der Waals surface area contributed by atoms with Crippen molar-refractivity contribution in [2.75, 3.05) is 20.0 Å². The molecule has 6 heavy (non-hydrogen) atoms. The van der Waals surface area contributed by atoms with E-state index in [4.69, 9.17) is 9.47 Å².